The largest absolute Gasteiger partial charge is 0.352 e. The van der Waals surface area contributed by atoms with Gasteiger partial charge in [-0.15, -0.1) is 0 Å². The number of hydrogen-bond acceptors (Lipinski definition) is 4. The van der Waals surface area contributed by atoms with Crippen molar-refractivity contribution < 1.29 is 9.59 Å². The van der Waals surface area contributed by atoms with Crippen LogP contribution >= 0.6 is 11.8 Å². The number of benzene rings is 1. The molecule has 0 bridgehead atoms. The summed E-state index contributed by atoms with van der Waals surface area (Å²) in [5, 5.41) is 8.74. The molecule has 5 N–H and O–H groups in total. The van der Waals surface area contributed by atoms with E-state index < -0.39 is 6.03 Å². The Morgan fingerprint density at radius 3 is 2.71 bits per heavy atom. The van der Waals surface area contributed by atoms with Gasteiger partial charge in [-0.1, -0.05) is 12.1 Å². The van der Waals surface area contributed by atoms with E-state index in [4.69, 9.17) is 5.73 Å². The van der Waals surface area contributed by atoms with Crippen LogP contribution in [-0.4, -0.2) is 36.0 Å². The Bertz CT molecular complexity index is 486. The number of thioether (sulfide) groups is 1. The van der Waals surface area contributed by atoms with Crippen LogP contribution < -0.4 is 21.7 Å². The number of nitrogens with one attached hydrogen (secondary N) is 3. The fourth-order valence-electron chi connectivity index (χ4n) is 2.10. The normalized spacial score (nSPS) is 18.0. The number of carbonyl (C=O) groups is 2. The Hall–Kier alpha value is -1.73. The molecule has 21 heavy (non-hydrogen) atoms. The lowest BCUT2D eigenvalue weighted by Crippen LogP contribution is -2.41. The molecule has 1 heterocycles. The van der Waals surface area contributed by atoms with Crippen molar-refractivity contribution in [3.8, 4) is 0 Å². The van der Waals surface area contributed by atoms with Crippen LogP contribution in [-0.2, 0) is 11.3 Å². The molecule has 1 aliphatic rings. The zero-order valence-electron chi connectivity index (χ0n) is 11.7. The smallest absolute Gasteiger partial charge is 0.316 e. The van der Waals surface area contributed by atoms with Gasteiger partial charge >= 0.3 is 6.03 Å². The molecule has 0 saturated carbocycles. The van der Waals surface area contributed by atoms with Gasteiger partial charge in [0.05, 0.1) is 0 Å². The van der Waals surface area contributed by atoms with Crippen LogP contribution in [0.25, 0.3) is 0 Å². The van der Waals surface area contributed by atoms with E-state index in [-0.39, 0.29) is 11.9 Å². The number of nitrogens with two attached hydrogens (primary N) is 1. The van der Waals surface area contributed by atoms with Crippen molar-refractivity contribution >= 4 is 29.4 Å². The zero-order chi connectivity index (χ0) is 15.1. The average molecular weight is 308 g/mol. The van der Waals surface area contributed by atoms with Crippen molar-refractivity contribution in [1.29, 1.82) is 0 Å². The topological polar surface area (TPSA) is 96.2 Å². The summed E-state index contributed by atoms with van der Waals surface area (Å²) in [5.74, 6) is 2.15. The van der Waals surface area contributed by atoms with Crippen molar-refractivity contribution in [2.45, 2.75) is 19.0 Å². The van der Waals surface area contributed by atoms with Gasteiger partial charge in [0.2, 0.25) is 5.91 Å². The molecule has 0 spiro atoms. The van der Waals surface area contributed by atoms with Crippen LogP contribution in [0.3, 0.4) is 0 Å². The first-order valence-corrected chi connectivity index (χ1v) is 8.02. The third-order valence-electron chi connectivity index (χ3n) is 3.14. The molecule has 1 atom stereocenters. The van der Waals surface area contributed by atoms with Gasteiger partial charge in [-0.05, 0) is 17.7 Å². The molecule has 1 fully saturated rings. The summed E-state index contributed by atoms with van der Waals surface area (Å²) >= 11 is 1.88. The van der Waals surface area contributed by atoms with Gasteiger partial charge in [-0.25, -0.2) is 4.79 Å². The molecule has 6 nitrogen and oxygen atoms in total. The number of anilines is 1. The van der Waals surface area contributed by atoms with E-state index in [9.17, 15) is 9.59 Å². The predicted octanol–water partition coefficient (Wildman–Crippen LogP) is 0.888. The average Bonchev–Trinajstić information content (AvgIpc) is 2.47. The lowest BCUT2D eigenvalue weighted by Gasteiger charge is -2.22. The van der Waals surface area contributed by atoms with E-state index in [0.717, 1.165) is 23.6 Å². The first kappa shape index (κ1) is 15.7. The monoisotopic (exact) mass is 308 g/mol. The predicted molar refractivity (Wildman–Crippen MR) is 85.2 cm³/mol. The maximum atomic E-state index is 11.9. The minimum Gasteiger partial charge on any atom is -0.352 e. The van der Waals surface area contributed by atoms with Gasteiger partial charge in [-0.3, -0.25) is 4.79 Å². The highest BCUT2D eigenvalue weighted by Crippen LogP contribution is 2.11. The summed E-state index contributed by atoms with van der Waals surface area (Å²) < 4.78 is 0. The Morgan fingerprint density at radius 1 is 1.33 bits per heavy atom. The molecule has 7 heteroatoms. The number of rotatable bonds is 5. The van der Waals surface area contributed by atoms with Gasteiger partial charge < -0.3 is 21.7 Å². The highest BCUT2D eigenvalue weighted by Gasteiger charge is 2.16. The molecule has 1 aromatic carbocycles. The maximum Gasteiger partial charge on any atom is 0.316 e. The van der Waals surface area contributed by atoms with E-state index in [2.05, 4.69) is 16.0 Å². The van der Waals surface area contributed by atoms with Gasteiger partial charge in [0.25, 0.3) is 0 Å². The molecule has 1 saturated heterocycles. The molecule has 0 aliphatic carbocycles. The summed E-state index contributed by atoms with van der Waals surface area (Å²) in [6.07, 6.45) is 0.508. The van der Waals surface area contributed by atoms with E-state index in [1.807, 2.05) is 23.9 Å². The molecule has 1 unspecified atom stereocenters. The molecule has 0 radical (unpaired) electrons. The lowest BCUT2D eigenvalue weighted by molar-refractivity contribution is -0.121. The summed E-state index contributed by atoms with van der Waals surface area (Å²) in [4.78, 5) is 22.6. The fourth-order valence-corrected chi connectivity index (χ4v) is 3.04. The number of carbonyl (C=O) groups excluding carboxylic acids is 2. The van der Waals surface area contributed by atoms with Crippen LogP contribution in [0, 0.1) is 0 Å². The first-order valence-electron chi connectivity index (χ1n) is 6.87. The number of urea groups is 1. The standard InChI is InChI=1S/C14H20N4O2S/c15-14(20)18-11-3-1-10(2-4-11)8-17-13(19)7-12-9-21-6-5-16-12/h1-4,12,16H,5-9H2,(H,17,19)(H3,15,18,20). The minimum absolute atomic E-state index is 0.0503. The van der Waals surface area contributed by atoms with E-state index in [1.54, 1.807) is 12.1 Å². The third-order valence-corrected chi connectivity index (χ3v) is 4.27. The summed E-state index contributed by atoms with van der Waals surface area (Å²) in [6, 6.07) is 6.89. The van der Waals surface area contributed by atoms with Gasteiger partial charge in [0.1, 0.15) is 0 Å². The highest BCUT2D eigenvalue weighted by atomic mass is 32.2. The second-order valence-electron chi connectivity index (χ2n) is 4.89. The van der Waals surface area contributed by atoms with Crippen molar-refractivity contribution in [2.24, 2.45) is 5.73 Å². The Kier molecular flexibility index (Phi) is 5.89. The molecule has 1 aromatic rings. The highest BCUT2D eigenvalue weighted by molar-refractivity contribution is 7.99. The minimum atomic E-state index is -0.589. The van der Waals surface area contributed by atoms with Crippen molar-refractivity contribution in [3.05, 3.63) is 29.8 Å². The van der Waals surface area contributed by atoms with E-state index in [1.165, 1.54) is 0 Å². The van der Waals surface area contributed by atoms with E-state index >= 15 is 0 Å². The van der Waals surface area contributed by atoms with Crippen molar-refractivity contribution in [2.75, 3.05) is 23.4 Å². The first-order chi connectivity index (χ1) is 10.1. The third kappa shape index (κ3) is 5.65. The summed E-state index contributed by atoms with van der Waals surface area (Å²) in [5.41, 5.74) is 6.65. The number of primary amides is 1. The lowest BCUT2D eigenvalue weighted by atomic mass is 10.2. The second-order valence-corrected chi connectivity index (χ2v) is 6.04. The summed E-state index contributed by atoms with van der Waals surface area (Å²) in [6.45, 7) is 1.45. The van der Waals surface area contributed by atoms with Crippen molar-refractivity contribution in [1.82, 2.24) is 10.6 Å². The van der Waals surface area contributed by atoms with Gasteiger partial charge in [-0.2, -0.15) is 11.8 Å². The number of amides is 3. The molecule has 0 aromatic heterocycles. The molecular formula is C14H20N4O2S. The maximum absolute atomic E-state index is 11.9. The van der Waals surface area contributed by atoms with Gasteiger partial charge in [0, 0.05) is 42.7 Å². The second kappa shape index (κ2) is 7.90. The summed E-state index contributed by atoms with van der Waals surface area (Å²) in [7, 11) is 0. The Balaban J connectivity index is 1.74. The van der Waals surface area contributed by atoms with Crippen LogP contribution in [0.4, 0.5) is 10.5 Å². The van der Waals surface area contributed by atoms with Crippen LogP contribution in [0.2, 0.25) is 0 Å². The quantitative estimate of drug-likeness (QED) is 0.649. The molecule has 114 valence electrons. The fraction of sp³-hybridized carbons (Fsp3) is 0.429. The molecule has 1 aliphatic heterocycles. The van der Waals surface area contributed by atoms with Crippen LogP contribution in [0.15, 0.2) is 24.3 Å². The Labute approximate surface area is 128 Å². The molecule has 3 amide bonds. The zero-order valence-corrected chi connectivity index (χ0v) is 12.5. The van der Waals surface area contributed by atoms with E-state index in [0.29, 0.717) is 18.7 Å². The van der Waals surface area contributed by atoms with Gasteiger partial charge in [0.15, 0.2) is 0 Å². The number of hydrogen-bond donors (Lipinski definition) is 4. The molecular weight excluding hydrogens is 288 g/mol. The Morgan fingerprint density at radius 2 is 2.10 bits per heavy atom. The molecule has 2 rings (SSSR count). The van der Waals surface area contributed by atoms with Crippen LogP contribution in [0.5, 0.6) is 0 Å². The van der Waals surface area contributed by atoms with Crippen LogP contribution in [0.1, 0.15) is 12.0 Å². The SMILES string of the molecule is NC(=O)Nc1ccc(CNC(=O)CC2CSCCN2)cc1. The van der Waals surface area contributed by atoms with Crippen molar-refractivity contribution in [3.63, 3.8) is 0 Å².